The van der Waals surface area contributed by atoms with E-state index in [-0.39, 0.29) is 12.5 Å². The van der Waals surface area contributed by atoms with Gasteiger partial charge in [0.05, 0.1) is 10.2 Å². The van der Waals surface area contributed by atoms with Crippen LogP contribution in [0.2, 0.25) is 0 Å². The molecule has 2 aromatic carbocycles. The van der Waals surface area contributed by atoms with Gasteiger partial charge in [0.15, 0.2) is 10.8 Å². The normalized spacial score (nSPS) is 11.5. The summed E-state index contributed by atoms with van der Waals surface area (Å²) < 4.78 is 13.6. The molecule has 12 heteroatoms. The summed E-state index contributed by atoms with van der Waals surface area (Å²) in [5, 5.41) is 17.1. The lowest BCUT2D eigenvalue weighted by Crippen LogP contribution is -2.22. The molecular formula is C26H27N7O3S2. The average molecular weight is 550 g/mol. The van der Waals surface area contributed by atoms with Crippen molar-refractivity contribution in [2.24, 2.45) is 0 Å². The fourth-order valence-electron chi connectivity index (χ4n) is 3.82. The Morgan fingerprint density at radius 1 is 1.11 bits per heavy atom. The van der Waals surface area contributed by atoms with Crippen LogP contribution in [0, 0.1) is 0 Å². The van der Waals surface area contributed by atoms with Crippen molar-refractivity contribution in [3.63, 3.8) is 0 Å². The second-order valence-corrected chi connectivity index (χ2v) is 10.4. The van der Waals surface area contributed by atoms with Crippen molar-refractivity contribution in [1.82, 2.24) is 29.7 Å². The fourth-order valence-corrected chi connectivity index (χ4v) is 5.64. The molecule has 196 valence electrons. The lowest BCUT2D eigenvalue weighted by molar-refractivity contribution is -0.119. The summed E-state index contributed by atoms with van der Waals surface area (Å²) in [6, 6.07) is 17.6. The van der Waals surface area contributed by atoms with E-state index in [1.807, 2.05) is 42.5 Å². The Bertz CT molecular complexity index is 1570. The van der Waals surface area contributed by atoms with Gasteiger partial charge in [-0.2, -0.15) is 4.52 Å². The SMILES string of the molecule is CCN(CC)Cc1cccc(Oc2ccc3nnc(Sc4ccc5nc(NC(=O)COC)sc5c4)n3n2)c1. The van der Waals surface area contributed by atoms with Gasteiger partial charge in [-0.05, 0) is 66.8 Å². The van der Waals surface area contributed by atoms with Gasteiger partial charge in [-0.3, -0.25) is 15.0 Å². The molecule has 0 saturated carbocycles. The zero-order valence-corrected chi connectivity index (χ0v) is 22.9. The summed E-state index contributed by atoms with van der Waals surface area (Å²) in [4.78, 5) is 19.6. The van der Waals surface area contributed by atoms with Crippen molar-refractivity contribution in [3.05, 3.63) is 60.2 Å². The molecule has 1 amide bonds. The lowest BCUT2D eigenvalue weighted by atomic mass is 10.2. The number of rotatable bonds is 11. The van der Waals surface area contributed by atoms with E-state index in [0.717, 1.165) is 40.5 Å². The summed E-state index contributed by atoms with van der Waals surface area (Å²) in [6.45, 7) is 7.17. The Kier molecular flexibility index (Phi) is 8.13. The van der Waals surface area contributed by atoms with Crippen LogP contribution in [-0.2, 0) is 16.1 Å². The van der Waals surface area contributed by atoms with E-state index in [1.165, 1.54) is 35.8 Å². The van der Waals surface area contributed by atoms with E-state index in [9.17, 15) is 4.79 Å². The van der Waals surface area contributed by atoms with Crippen LogP contribution in [0.5, 0.6) is 11.6 Å². The van der Waals surface area contributed by atoms with Crippen molar-refractivity contribution in [1.29, 1.82) is 0 Å². The molecule has 3 aromatic heterocycles. The van der Waals surface area contributed by atoms with E-state index in [2.05, 4.69) is 50.4 Å². The molecule has 0 radical (unpaired) electrons. The number of methoxy groups -OCH3 is 1. The molecule has 0 spiro atoms. The Balaban J connectivity index is 1.33. The zero-order chi connectivity index (χ0) is 26.5. The fraction of sp³-hybridized carbons (Fsp3) is 0.269. The lowest BCUT2D eigenvalue weighted by Gasteiger charge is -2.18. The number of carbonyl (C=O) groups is 1. The summed E-state index contributed by atoms with van der Waals surface area (Å²) in [6.07, 6.45) is 0. The molecule has 0 fully saturated rings. The third-order valence-corrected chi connectivity index (χ3v) is 7.58. The van der Waals surface area contributed by atoms with Crippen molar-refractivity contribution in [2.45, 2.75) is 30.4 Å². The first kappa shape index (κ1) is 26.0. The molecule has 0 aliphatic heterocycles. The number of ether oxygens (including phenoxy) is 2. The van der Waals surface area contributed by atoms with Crippen molar-refractivity contribution >= 4 is 50.0 Å². The molecule has 0 atom stereocenters. The van der Waals surface area contributed by atoms with Crippen LogP contribution in [0.15, 0.2) is 64.6 Å². The highest BCUT2D eigenvalue weighted by atomic mass is 32.2. The summed E-state index contributed by atoms with van der Waals surface area (Å²) in [5.74, 6) is 0.942. The van der Waals surface area contributed by atoms with Gasteiger partial charge in [0.1, 0.15) is 12.4 Å². The molecule has 0 aliphatic carbocycles. The maximum absolute atomic E-state index is 11.8. The number of benzene rings is 2. The highest BCUT2D eigenvalue weighted by molar-refractivity contribution is 7.99. The quantitative estimate of drug-likeness (QED) is 0.241. The Hall–Kier alpha value is -3.58. The van der Waals surface area contributed by atoms with Gasteiger partial charge in [-0.15, -0.1) is 15.3 Å². The number of nitrogens with one attached hydrogen (secondary N) is 1. The van der Waals surface area contributed by atoms with Crippen molar-refractivity contribution in [3.8, 4) is 11.6 Å². The monoisotopic (exact) mass is 549 g/mol. The maximum Gasteiger partial charge on any atom is 0.252 e. The van der Waals surface area contributed by atoms with Crippen LogP contribution in [-0.4, -0.2) is 62.4 Å². The molecule has 0 bridgehead atoms. The van der Waals surface area contributed by atoms with E-state index < -0.39 is 0 Å². The van der Waals surface area contributed by atoms with Crippen LogP contribution < -0.4 is 10.1 Å². The topological polar surface area (TPSA) is 107 Å². The van der Waals surface area contributed by atoms with E-state index in [1.54, 1.807) is 10.6 Å². The first-order valence-electron chi connectivity index (χ1n) is 12.1. The van der Waals surface area contributed by atoms with Gasteiger partial charge < -0.3 is 9.47 Å². The van der Waals surface area contributed by atoms with Crippen LogP contribution in [0.3, 0.4) is 0 Å². The minimum atomic E-state index is -0.240. The highest BCUT2D eigenvalue weighted by Crippen LogP contribution is 2.33. The maximum atomic E-state index is 11.8. The molecule has 1 N–H and O–H groups in total. The number of amides is 1. The first-order valence-corrected chi connectivity index (χ1v) is 13.8. The van der Waals surface area contributed by atoms with Crippen LogP contribution in [0.4, 0.5) is 5.13 Å². The number of aromatic nitrogens is 5. The minimum absolute atomic E-state index is 0.0164. The smallest absolute Gasteiger partial charge is 0.252 e. The van der Waals surface area contributed by atoms with Crippen LogP contribution >= 0.6 is 23.1 Å². The van der Waals surface area contributed by atoms with E-state index >= 15 is 0 Å². The number of hydrogen-bond acceptors (Lipinski definition) is 10. The number of carbonyl (C=O) groups excluding carboxylic acids is 1. The number of hydrogen-bond donors (Lipinski definition) is 1. The predicted octanol–water partition coefficient (Wildman–Crippen LogP) is 5.10. The highest BCUT2D eigenvalue weighted by Gasteiger charge is 2.13. The van der Waals surface area contributed by atoms with Gasteiger partial charge in [0, 0.05) is 24.6 Å². The van der Waals surface area contributed by atoms with Gasteiger partial charge in [0.2, 0.25) is 11.0 Å². The predicted molar refractivity (Wildman–Crippen MR) is 148 cm³/mol. The molecule has 0 saturated heterocycles. The van der Waals surface area contributed by atoms with Crippen molar-refractivity contribution < 1.29 is 14.3 Å². The average Bonchev–Trinajstić information content (AvgIpc) is 3.50. The largest absolute Gasteiger partial charge is 0.438 e. The summed E-state index contributed by atoms with van der Waals surface area (Å²) >= 11 is 2.84. The molecule has 5 rings (SSSR count). The summed E-state index contributed by atoms with van der Waals surface area (Å²) in [5.41, 5.74) is 2.61. The van der Waals surface area contributed by atoms with Gasteiger partial charge in [-0.25, -0.2) is 4.98 Å². The van der Waals surface area contributed by atoms with Gasteiger partial charge >= 0.3 is 0 Å². The third kappa shape index (κ3) is 6.10. The van der Waals surface area contributed by atoms with E-state index in [4.69, 9.17) is 9.47 Å². The number of anilines is 1. The number of thiazole rings is 1. The Morgan fingerprint density at radius 2 is 1.97 bits per heavy atom. The molecule has 0 aliphatic rings. The zero-order valence-electron chi connectivity index (χ0n) is 21.2. The number of nitrogens with zero attached hydrogens (tertiary/aromatic N) is 6. The molecule has 38 heavy (non-hydrogen) atoms. The summed E-state index contributed by atoms with van der Waals surface area (Å²) in [7, 11) is 1.48. The molecule has 0 unspecified atom stereocenters. The second-order valence-electron chi connectivity index (χ2n) is 8.37. The van der Waals surface area contributed by atoms with Gasteiger partial charge in [-0.1, -0.05) is 37.3 Å². The minimum Gasteiger partial charge on any atom is -0.438 e. The molecule has 5 aromatic rings. The van der Waals surface area contributed by atoms with Crippen LogP contribution in [0.25, 0.3) is 15.9 Å². The standard InChI is InChI=1S/C26H27N7O3S2/c1-4-32(5-2)15-17-7-6-8-18(13-17)36-24-12-11-22-29-30-26(33(22)31-24)37-19-9-10-20-21(14-19)38-25(27-20)28-23(34)16-35-3/h6-14H,4-5,15-16H2,1-3H3,(H,27,28,34). The third-order valence-electron chi connectivity index (χ3n) is 5.72. The first-order chi connectivity index (χ1) is 18.5. The molecule has 10 nitrogen and oxygen atoms in total. The second kappa shape index (κ2) is 11.9. The van der Waals surface area contributed by atoms with Gasteiger partial charge in [0.25, 0.3) is 5.91 Å². The Labute approximate surface area is 228 Å². The molecular weight excluding hydrogens is 522 g/mol. The molecule has 3 heterocycles. The van der Waals surface area contributed by atoms with E-state index in [0.29, 0.717) is 21.8 Å². The number of fused-ring (bicyclic) bond motifs is 2. The van der Waals surface area contributed by atoms with Crippen molar-refractivity contribution in [2.75, 3.05) is 32.1 Å². The Morgan fingerprint density at radius 3 is 2.79 bits per heavy atom. The van der Waals surface area contributed by atoms with Crippen LogP contribution in [0.1, 0.15) is 19.4 Å².